The van der Waals surface area contributed by atoms with Gasteiger partial charge in [-0.05, 0) is 0 Å². The second-order valence-corrected chi connectivity index (χ2v) is 13.4. The third-order valence-corrected chi connectivity index (χ3v) is 10.2. The smallest absolute Gasteiger partial charge is 0.387 e. The summed E-state index contributed by atoms with van der Waals surface area (Å²) in [7, 11) is -16.2. The largest absolute Gasteiger partial charge is 0.489 e. The van der Waals surface area contributed by atoms with Crippen LogP contribution in [-0.2, 0) is 31.6 Å². The zero-order valence-corrected chi connectivity index (χ0v) is 23.0. The molecule has 40 heavy (non-hydrogen) atoms. The van der Waals surface area contributed by atoms with Crippen molar-refractivity contribution in [2.75, 3.05) is 18.9 Å². The molecule has 0 aliphatic carbocycles. The summed E-state index contributed by atoms with van der Waals surface area (Å²) in [5.41, 5.74) is 5.25. The number of nitrogens with one attached hydrogen (secondary N) is 1. The van der Waals surface area contributed by atoms with E-state index in [1.165, 1.54) is 10.9 Å². The van der Waals surface area contributed by atoms with Gasteiger partial charge in [-0.25, -0.2) is 33.7 Å². The van der Waals surface area contributed by atoms with Gasteiger partial charge < -0.3 is 35.4 Å². The summed E-state index contributed by atoms with van der Waals surface area (Å²) in [5, 5.41) is 30.4. The zero-order valence-electron chi connectivity index (χ0n) is 20.3. The van der Waals surface area contributed by atoms with Gasteiger partial charge in [-0.15, -0.1) is 12.3 Å². The highest BCUT2D eigenvalue weighted by atomic mass is 31.3. The normalized spacial score (nSPS) is 28.0. The average Bonchev–Trinajstić information content (AvgIpc) is 3.38. The van der Waals surface area contributed by atoms with Crippen molar-refractivity contribution in [2.45, 2.75) is 49.5 Å². The summed E-state index contributed by atoms with van der Waals surface area (Å²) >= 11 is 0. The lowest BCUT2D eigenvalue weighted by Gasteiger charge is -2.20. The maximum absolute atomic E-state index is 12.3. The van der Waals surface area contributed by atoms with E-state index in [0.717, 1.165) is 6.33 Å². The Morgan fingerprint density at radius 2 is 1.82 bits per heavy atom. The number of aliphatic hydroxyl groups is 2. The van der Waals surface area contributed by atoms with Crippen molar-refractivity contribution >= 4 is 40.4 Å². The first kappa shape index (κ1) is 30.8. The standard InChI is InChI=1S/C17H25N8O12P3/c1-2-3-4-17(23-24-17)5-6-22-38(28,29)36-40(32,33)37-39(30,31)34-7-10-12(26)13(27)16(35-10)25-9-21-11-14(18)19-8-20-15(11)25/h1,8-10,12-13,16,26-27H,3-7H2,(H,30,31)(H,32,33)(H2,18,19,20)(H2,22,28,29)/t10-,12+,13?,16-/m1/s1. The molecule has 20 nitrogen and oxygen atoms in total. The third-order valence-electron chi connectivity index (χ3n) is 5.71. The first-order valence-electron chi connectivity index (χ1n) is 11.3. The quantitative estimate of drug-likeness (QED) is 0.107. The molecule has 2 aliphatic rings. The van der Waals surface area contributed by atoms with Gasteiger partial charge in [0.25, 0.3) is 0 Å². The van der Waals surface area contributed by atoms with Crippen LogP contribution in [0.25, 0.3) is 11.2 Å². The Balaban J connectivity index is 1.29. The number of nitrogen functional groups attached to an aromatic ring is 1. The molecule has 2 aliphatic heterocycles. The van der Waals surface area contributed by atoms with E-state index in [4.69, 9.17) is 16.9 Å². The monoisotopic (exact) mass is 626 g/mol. The molecule has 1 fully saturated rings. The second kappa shape index (κ2) is 11.6. The van der Waals surface area contributed by atoms with Crippen molar-refractivity contribution < 1.29 is 56.5 Å². The van der Waals surface area contributed by atoms with Crippen LogP contribution >= 0.6 is 23.4 Å². The molecule has 0 bridgehead atoms. The molecule has 23 heteroatoms. The highest BCUT2D eigenvalue weighted by molar-refractivity contribution is 7.67. The molecule has 2 aromatic rings. The number of terminal acetylenes is 1. The molecular weight excluding hydrogens is 601 g/mol. The van der Waals surface area contributed by atoms with Gasteiger partial charge in [0.05, 0.1) is 12.9 Å². The van der Waals surface area contributed by atoms with E-state index in [-0.39, 0.29) is 29.9 Å². The maximum Gasteiger partial charge on any atom is 0.489 e. The number of hydrogen-bond acceptors (Lipinski definition) is 15. The molecule has 4 heterocycles. The van der Waals surface area contributed by atoms with Gasteiger partial charge in [-0.3, -0.25) is 9.09 Å². The SMILES string of the molecule is C#CCCC1(CCNP(=O)(O)OP(=O)(O)OP(=O)(O)OC[C@H]2O[C@@H](n3cnc4c(N)ncnc43)C(O)[C@H]2O)N=N1. The lowest BCUT2D eigenvalue weighted by Crippen LogP contribution is -2.33. The van der Waals surface area contributed by atoms with Crippen LogP contribution < -0.4 is 10.8 Å². The van der Waals surface area contributed by atoms with Crippen LogP contribution in [0.2, 0.25) is 0 Å². The summed E-state index contributed by atoms with van der Waals surface area (Å²) in [4.78, 5) is 41.2. The number of rotatable bonds is 14. The topological polar surface area (TPSA) is 296 Å². The van der Waals surface area contributed by atoms with Crippen LogP contribution in [0.4, 0.5) is 5.82 Å². The molecule has 1 saturated heterocycles. The molecule has 0 radical (unpaired) electrons. The lowest BCUT2D eigenvalue weighted by atomic mass is 10.1. The Morgan fingerprint density at radius 1 is 1.10 bits per heavy atom. The molecule has 0 spiro atoms. The van der Waals surface area contributed by atoms with E-state index in [2.05, 4.69) is 44.2 Å². The molecule has 8 N–H and O–H groups in total. The number of aromatic nitrogens is 4. The van der Waals surface area contributed by atoms with Crippen LogP contribution in [0.15, 0.2) is 22.9 Å². The van der Waals surface area contributed by atoms with Crippen molar-refractivity contribution in [3.63, 3.8) is 0 Å². The Hall–Kier alpha value is -2.20. The van der Waals surface area contributed by atoms with Crippen molar-refractivity contribution in [1.82, 2.24) is 24.6 Å². The van der Waals surface area contributed by atoms with E-state index >= 15 is 0 Å². The number of anilines is 1. The number of nitrogens with zero attached hydrogens (tertiary/aromatic N) is 6. The van der Waals surface area contributed by atoms with E-state index in [1.54, 1.807) is 0 Å². The molecule has 0 aromatic carbocycles. The van der Waals surface area contributed by atoms with Gasteiger partial charge in [0, 0.05) is 25.8 Å². The lowest BCUT2D eigenvalue weighted by molar-refractivity contribution is -0.0503. The summed E-state index contributed by atoms with van der Waals surface area (Å²) < 4.78 is 56.1. The van der Waals surface area contributed by atoms with Crippen LogP contribution in [0.3, 0.4) is 0 Å². The zero-order chi connectivity index (χ0) is 29.3. The number of phosphoric ester groups is 1. The van der Waals surface area contributed by atoms with Gasteiger partial charge >= 0.3 is 23.4 Å². The summed E-state index contributed by atoms with van der Waals surface area (Å²) in [5.74, 6) is 2.46. The highest BCUT2D eigenvalue weighted by Crippen LogP contribution is 2.66. The molecule has 7 atom stereocenters. The van der Waals surface area contributed by atoms with Crippen molar-refractivity contribution in [3.8, 4) is 12.3 Å². The fourth-order valence-electron chi connectivity index (χ4n) is 3.72. The summed E-state index contributed by atoms with van der Waals surface area (Å²) in [6, 6.07) is 0. The number of phosphoric acid groups is 2. The number of aliphatic hydroxyl groups excluding tert-OH is 2. The van der Waals surface area contributed by atoms with Crippen LogP contribution in [0.1, 0.15) is 25.5 Å². The molecule has 0 saturated carbocycles. The number of nitrogens with two attached hydrogens (primary N) is 1. The molecule has 4 rings (SSSR count). The fraction of sp³-hybridized carbons (Fsp3) is 0.588. The Kier molecular flexibility index (Phi) is 8.91. The van der Waals surface area contributed by atoms with Gasteiger partial charge in [0.15, 0.2) is 23.4 Å². The van der Waals surface area contributed by atoms with Gasteiger partial charge in [0.2, 0.25) is 0 Å². The Bertz CT molecular complexity index is 1460. The predicted octanol–water partition coefficient (Wildman–Crippen LogP) is -0.0661. The van der Waals surface area contributed by atoms with E-state index in [9.17, 15) is 38.6 Å². The fourth-order valence-corrected chi connectivity index (χ4v) is 7.42. The second-order valence-electron chi connectivity index (χ2n) is 8.59. The van der Waals surface area contributed by atoms with E-state index < -0.39 is 60.2 Å². The Morgan fingerprint density at radius 3 is 2.50 bits per heavy atom. The summed E-state index contributed by atoms with van der Waals surface area (Å²) in [6.45, 7) is -1.18. The number of fused-ring (bicyclic) bond motifs is 1. The molecule has 0 amide bonds. The molecular formula is C17H25N8O12P3. The van der Waals surface area contributed by atoms with Crippen LogP contribution in [0.5, 0.6) is 0 Å². The minimum Gasteiger partial charge on any atom is -0.387 e. The van der Waals surface area contributed by atoms with Gasteiger partial charge in [-0.2, -0.15) is 18.8 Å². The van der Waals surface area contributed by atoms with Crippen molar-refractivity contribution in [3.05, 3.63) is 12.7 Å². The van der Waals surface area contributed by atoms with Crippen LogP contribution in [-0.4, -0.2) is 81.5 Å². The van der Waals surface area contributed by atoms with Crippen molar-refractivity contribution in [1.29, 1.82) is 0 Å². The molecule has 2 aromatic heterocycles. The van der Waals surface area contributed by atoms with Crippen LogP contribution in [0, 0.1) is 12.3 Å². The van der Waals surface area contributed by atoms with E-state index in [1.807, 2.05) is 5.09 Å². The third kappa shape index (κ3) is 7.35. The molecule has 4 unspecified atom stereocenters. The number of imidazole rings is 1. The maximum atomic E-state index is 12.3. The number of ether oxygens (including phenoxy) is 1. The van der Waals surface area contributed by atoms with Crippen molar-refractivity contribution in [2.24, 2.45) is 10.2 Å². The van der Waals surface area contributed by atoms with Gasteiger partial charge in [-0.1, -0.05) is 0 Å². The average molecular weight is 626 g/mol. The highest BCUT2D eigenvalue weighted by Gasteiger charge is 2.47. The predicted molar refractivity (Wildman–Crippen MR) is 132 cm³/mol. The molecule has 220 valence electrons. The Labute approximate surface area is 225 Å². The minimum absolute atomic E-state index is 0.0474. The van der Waals surface area contributed by atoms with E-state index in [0.29, 0.717) is 12.8 Å². The minimum atomic E-state index is -5.67. The first-order valence-corrected chi connectivity index (χ1v) is 15.9. The van der Waals surface area contributed by atoms with Gasteiger partial charge in [0.1, 0.15) is 30.2 Å². The summed E-state index contributed by atoms with van der Waals surface area (Å²) in [6.07, 6.45) is 2.39. The number of hydrogen-bond donors (Lipinski definition) is 7. The first-order chi connectivity index (χ1) is 18.7.